The number of aromatic nitrogens is 4. The molecule has 1 aliphatic carbocycles. The van der Waals surface area contributed by atoms with E-state index in [1.807, 2.05) is 36.1 Å². The third kappa shape index (κ3) is 3.31. The molecule has 4 rings (SSSR count). The van der Waals surface area contributed by atoms with Crippen LogP contribution >= 0.6 is 11.8 Å². The Morgan fingerprint density at radius 2 is 2.15 bits per heavy atom. The second-order valence-electron chi connectivity index (χ2n) is 6.33. The van der Waals surface area contributed by atoms with Crippen molar-refractivity contribution in [2.24, 2.45) is 0 Å². The molecule has 6 nitrogen and oxygen atoms in total. The van der Waals surface area contributed by atoms with Crippen LogP contribution in [-0.4, -0.2) is 43.3 Å². The number of H-pyrrole nitrogens is 1. The zero-order valence-corrected chi connectivity index (χ0v) is 15.6. The molecule has 1 amide bonds. The van der Waals surface area contributed by atoms with Crippen molar-refractivity contribution in [2.75, 3.05) is 12.3 Å². The Labute approximate surface area is 156 Å². The van der Waals surface area contributed by atoms with Crippen molar-refractivity contribution in [1.29, 1.82) is 0 Å². The average Bonchev–Trinajstić information content (AvgIpc) is 3.05. The molecule has 2 heterocycles. The quantitative estimate of drug-likeness (QED) is 0.692. The fourth-order valence-electron chi connectivity index (χ4n) is 3.38. The van der Waals surface area contributed by atoms with Gasteiger partial charge in [0.15, 0.2) is 5.65 Å². The lowest BCUT2D eigenvalue weighted by Crippen LogP contribution is -2.32. The second-order valence-corrected chi connectivity index (χ2v) is 7.27. The summed E-state index contributed by atoms with van der Waals surface area (Å²) in [4.78, 5) is 22.3. The largest absolute Gasteiger partial charge is 0.338 e. The summed E-state index contributed by atoms with van der Waals surface area (Å²) in [6, 6.07) is 7.93. The fraction of sp³-hybridized carbons (Fsp3) is 0.368. The molecule has 26 heavy (non-hydrogen) atoms. The van der Waals surface area contributed by atoms with Crippen molar-refractivity contribution in [3.63, 3.8) is 0 Å². The zero-order chi connectivity index (χ0) is 17.9. The van der Waals surface area contributed by atoms with Gasteiger partial charge in [0.1, 0.15) is 5.52 Å². The minimum atomic E-state index is 0.103. The molecule has 7 heteroatoms. The third-order valence-electron chi connectivity index (χ3n) is 4.66. The summed E-state index contributed by atoms with van der Waals surface area (Å²) in [5, 5.41) is 10.0. The molecular weight excluding hydrogens is 346 g/mol. The molecule has 0 bridgehead atoms. The van der Waals surface area contributed by atoms with Gasteiger partial charge in [0.05, 0.1) is 5.75 Å². The number of carbonyl (C=O) groups excluding carboxylic acids is 1. The van der Waals surface area contributed by atoms with Crippen LogP contribution in [0.25, 0.3) is 22.1 Å². The van der Waals surface area contributed by atoms with Crippen LogP contribution in [0.15, 0.2) is 41.2 Å². The molecule has 0 unspecified atom stereocenters. The summed E-state index contributed by atoms with van der Waals surface area (Å²) in [7, 11) is 0. The van der Waals surface area contributed by atoms with Crippen LogP contribution in [-0.2, 0) is 4.79 Å². The maximum absolute atomic E-state index is 12.6. The molecule has 2 aromatic heterocycles. The maximum Gasteiger partial charge on any atom is 0.237 e. The number of aromatic amines is 1. The number of para-hydroxylation sites is 1. The van der Waals surface area contributed by atoms with E-state index in [9.17, 15) is 4.79 Å². The number of hydrogen-bond acceptors (Lipinski definition) is 5. The Bertz CT molecular complexity index is 980. The predicted molar refractivity (Wildman–Crippen MR) is 104 cm³/mol. The summed E-state index contributed by atoms with van der Waals surface area (Å²) in [6.45, 7) is 2.72. The minimum absolute atomic E-state index is 0.103. The van der Waals surface area contributed by atoms with Crippen LogP contribution in [0, 0.1) is 0 Å². The number of nitrogens with zero attached hydrogens (tertiary/aromatic N) is 4. The summed E-state index contributed by atoms with van der Waals surface area (Å²) >= 11 is 1.34. The topological polar surface area (TPSA) is 74.8 Å². The van der Waals surface area contributed by atoms with Crippen LogP contribution in [0.4, 0.5) is 0 Å². The van der Waals surface area contributed by atoms with Crippen molar-refractivity contribution in [1.82, 2.24) is 25.1 Å². The second kappa shape index (κ2) is 7.45. The van der Waals surface area contributed by atoms with Gasteiger partial charge in [0, 0.05) is 23.1 Å². The van der Waals surface area contributed by atoms with Gasteiger partial charge in [-0.15, -0.1) is 10.2 Å². The highest BCUT2D eigenvalue weighted by Gasteiger charge is 2.19. The highest BCUT2D eigenvalue weighted by molar-refractivity contribution is 7.99. The predicted octanol–water partition coefficient (Wildman–Crippen LogP) is 3.90. The van der Waals surface area contributed by atoms with E-state index < -0.39 is 0 Å². The number of benzene rings is 1. The number of allylic oxidation sites excluding steroid dienone is 2. The molecule has 1 N–H and O–H groups in total. The third-order valence-corrected chi connectivity index (χ3v) is 5.48. The first kappa shape index (κ1) is 17.0. The van der Waals surface area contributed by atoms with Crippen LogP contribution < -0.4 is 0 Å². The maximum atomic E-state index is 12.6. The molecule has 0 saturated heterocycles. The number of thioether (sulfide) groups is 1. The van der Waals surface area contributed by atoms with Crippen LogP contribution in [0.3, 0.4) is 0 Å². The van der Waals surface area contributed by atoms with Crippen LogP contribution in [0.2, 0.25) is 0 Å². The Morgan fingerprint density at radius 1 is 1.27 bits per heavy atom. The van der Waals surface area contributed by atoms with E-state index in [0.29, 0.717) is 23.1 Å². The standard InChI is InChI=1S/C19H21N5OS/c1-2-24(13-8-4-3-5-9-13)16(25)12-26-19-21-18-17(22-23-19)14-10-6-7-11-15(14)20-18/h6-8,10-11H,2-5,9,12H2,1H3,(H,20,21,23). The molecule has 0 radical (unpaired) electrons. The van der Waals surface area contributed by atoms with E-state index in [4.69, 9.17) is 0 Å². The molecule has 0 spiro atoms. The first-order valence-electron chi connectivity index (χ1n) is 8.99. The van der Waals surface area contributed by atoms with Crippen molar-refractivity contribution in [2.45, 2.75) is 37.8 Å². The first-order chi connectivity index (χ1) is 12.8. The molecule has 3 aromatic rings. The molecule has 1 aromatic carbocycles. The van der Waals surface area contributed by atoms with E-state index in [1.165, 1.54) is 18.2 Å². The molecular formula is C19H21N5OS. The first-order valence-corrected chi connectivity index (χ1v) is 9.98. The number of carbonyl (C=O) groups is 1. The van der Waals surface area contributed by atoms with Gasteiger partial charge in [-0.3, -0.25) is 4.79 Å². The molecule has 0 fully saturated rings. The van der Waals surface area contributed by atoms with Gasteiger partial charge in [-0.2, -0.15) is 0 Å². The van der Waals surface area contributed by atoms with Gasteiger partial charge in [0.2, 0.25) is 11.1 Å². The number of amides is 1. The summed E-state index contributed by atoms with van der Waals surface area (Å²) in [5.74, 6) is 0.421. The molecule has 0 atom stereocenters. The van der Waals surface area contributed by atoms with Crippen molar-refractivity contribution in [3.05, 3.63) is 36.0 Å². The normalized spacial score (nSPS) is 14.6. The summed E-state index contributed by atoms with van der Waals surface area (Å²) in [6.07, 6.45) is 6.63. The van der Waals surface area contributed by atoms with Gasteiger partial charge < -0.3 is 9.88 Å². The van der Waals surface area contributed by atoms with E-state index in [2.05, 4.69) is 26.2 Å². The summed E-state index contributed by atoms with van der Waals surface area (Å²) < 4.78 is 0. The van der Waals surface area contributed by atoms with Crippen molar-refractivity contribution < 1.29 is 4.79 Å². The van der Waals surface area contributed by atoms with Gasteiger partial charge >= 0.3 is 0 Å². The number of rotatable bonds is 5. The smallest absolute Gasteiger partial charge is 0.237 e. The SMILES string of the molecule is CCN(C(=O)CSc1nnc2c(n1)[nH]c1ccccc12)C1=CCCCC1. The zero-order valence-electron chi connectivity index (χ0n) is 14.7. The van der Waals surface area contributed by atoms with E-state index in [0.717, 1.165) is 41.4 Å². The summed E-state index contributed by atoms with van der Waals surface area (Å²) in [5.41, 5.74) is 3.62. The monoisotopic (exact) mass is 367 g/mol. The molecule has 0 aliphatic heterocycles. The Balaban J connectivity index is 1.49. The van der Waals surface area contributed by atoms with E-state index in [1.54, 1.807) is 0 Å². The highest BCUT2D eigenvalue weighted by atomic mass is 32.2. The van der Waals surface area contributed by atoms with Gasteiger partial charge in [0.25, 0.3) is 0 Å². The Morgan fingerprint density at radius 3 is 2.96 bits per heavy atom. The Kier molecular flexibility index (Phi) is 4.88. The average molecular weight is 367 g/mol. The van der Waals surface area contributed by atoms with Gasteiger partial charge in [-0.05, 0) is 38.7 Å². The van der Waals surface area contributed by atoms with E-state index >= 15 is 0 Å². The van der Waals surface area contributed by atoms with Crippen molar-refractivity contribution in [3.8, 4) is 0 Å². The molecule has 1 aliphatic rings. The fourth-order valence-corrected chi connectivity index (χ4v) is 4.04. The number of hydrogen-bond donors (Lipinski definition) is 1. The van der Waals surface area contributed by atoms with Gasteiger partial charge in [-0.25, -0.2) is 4.98 Å². The Hall–Kier alpha value is -2.41. The van der Waals surface area contributed by atoms with Crippen LogP contribution in [0.1, 0.15) is 32.6 Å². The number of nitrogens with one attached hydrogen (secondary N) is 1. The van der Waals surface area contributed by atoms with E-state index in [-0.39, 0.29) is 5.91 Å². The molecule has 134 valence electrons. The lowest BCUT2D eigenvalue weighted by atomic mass is 10.0. The highest BCUT2D eigenvalue weighted by Crippen LogP contribution is 2.25. The van der Waals surface area contributed by atoms with Crippen LogP contribution in [0.5, 0.6) is 0 Å². The van der Waals surface area contributed by atoms with Gasteiger partial charge in [-0.1, -0.05) is 36.0 Å². The lowest BCUT2D eigenvalue weighted by Gasteiger charge is -2.26. The minimum Gasteiger partial charge on any atom is -0.338 e. The number of fused-ring (bicyclic) bond motifs is 3. The van der Waals surface area contributed by atoms with Crippen molar-refractivity contribution >= 4 is 39.7 Å². The lowest BCUT2D eigenvalue weighted by molar-refractivity contribution is -0.126. The molecule has 0 saturated carbocycles.